The SMILES string of the molecule is CCCCS(=O)(=O)NC(C)CC. The quantitative estimate of drug-likeness (QED) is 0.695. The summed E-state index contributed by atoms with van der Waals surface area (Å²) in [6.45, 7) is 5.83. The number of hydrogen-bond donors (Lipinski definition) is 1. The number of rotatable bonds is 6. The van der Waals surface area contributed by atoms with Gasteiger partial charge in [0.25, 0.3) is 0 Å². The van der Waals surface area contributed by atoms with Crippen LogP contribution in [0.4, 0.5) is 0 Å². The monoisotopic (exact) mass is 193 g/mol. The lowest BCUT2D eigenvalue weighted by Gasteiger charge is -2.11. The molecule has 74 valence electrons. The van der Waals surface area contributed by atoms with Crippen LogP contribution < -0.4 is 4.72 Å². The lowest BCUT2D eigenvalue weighted by atomic mass is 10.3. The third-order valence-electron chi connectivity index (χ3n) is 1.76. The molecule has 0 aliphatic carbocycles. The first-order valence-corrected chi connectivity index (χ1v) is 6.17. The van der Waals surface area contributed by atoms with Gasteiger partial charge in [-0.2, -0.15) is 0 Å². The molecule has 4 heteroatoms. The third kappa shape index (κ3) is 5.55. The molecule has 12 heavy (non-hydrogen) atoms. The number of unbranched alkanes of at least 4 members (excludes halogenated alkanes) is 1. The van der Waals surface area contributed by atoms with E-state index in [1.807, 2.05) is 20.8 Å². The zero-order chi connectivity index (χ0) is 9.61. The second kappa shape index (κ2) is 5.54. The van der Waals surface area contributed by atoms with E-state index < -0.39 is 10.0 Å². The second-order valence-electron chi connectivity index (χ2n) is 3.10. The highest BCUT2D eigenvalue weighted by molar-refractivity contribution is 7.89. The highest BCUT2D eigenvalue weighted by Gasteiger charge is 2.11. The van der Waals surface area contributed by atoms with E-state index in [2.05, 4.69) is 4.72 Å². The molecule has 0 aliphatic rings. The minimum Gasteiger partial charge on any atom is -0.212 e. The molecule has 0 aliphatic heterocycles. The molecule has 0 radical (unpaired) electrons. The highest BCUT2D eigenvalue weighted by atomic mass is 32.2. The second-order valence-corrected chi connectivity index (χ2v) is 4.97. The van der Waals surface area contributed by atoms with E-state index in [-0.39, 0.29) is 11.8 Å². The van der Waals surface area contributed by atoms with Crippen molar-refractivity contribution in [1.29, 1.82) is 0 Å². The van der Waals surface area contributed by atoms with E-state index in [1.165, 1.54) is 0 Å². The first kappa shape index (κ1) is 11.9. The van der Waals surface area contributed by atoms with Crippen LogP contribution in [0.3, 0.4) is 0 Å². The maximum atomic E-state index is 11.2. The molecule has 1 unspecified atom stereocenters. The van der Waals surface area contributed by atoms with Gasteiger partial charge < -0.3 is 0 Å². The van der Waals surface area contributed by atoms with Gasteiger partial charge in [-0.05, 0) is 19.8 Å². The van der Waals surface area contributed by atoms with Crippen LogP contribution in [0.15, 0.2) is 0 Å². The van der Waals surface area contributed by atoms with Crippen LogP contribution in [0.1, 0.15) is 40.0 Å². The van der Waals surface area contributed by atoms with Crippen LogP contribution in [0, 0.1) is 0 Å². The molecule has 0 aromatic heterocycles. The van der Waals surface area contributed by atoms with E-state index in [9.17, 15) is 8.42 Å². The highest BCUT2D eigenvalue weighted by Crippen LogP contribution is 1.97. The maximum absolute atomic E-state index is 11.2. The fourth-order valence-electron chi connectivity index (χ4n) is 0.783. The van der Waals surface area contributed by atoms with Gasteiger partial charge in [0.15, 0.2) is 0 Å². The Morgan fingerprint density at radius 2 is 1.92 bits per heavy atom. The molecule has 0 aromatic rings. The predicted octanol–water partition coefficient (Wildman–Crippen LogP) is 1.50. The van der Waals surface area contributed by atoms with Crippen molar-refractivity contribution in [1.82, 2.24) is 4.72 Å². The molecule has 0 aromatic carbocycles. The van der Waals surface area contributed by atoms with Crippen LogP contribution in [0.5, 0.6) is 0 Å². The third-order valence-corrected chi connectivity index (χ3v) is 3.35. The Balaban J connectivity index is 3.88. The van der Waals surface area contributed by atoms with E-state index in [0.29, 0.717) is 0 Å². The minimum absolute atomic E-state index is 0.0619. The van der Waals surface area contributed by atoms with Crippen LogP contribution in [0.2, 0.25) is 0 Å². The minimum atomic E-state index is -3.01. The van der Waals surface area contributed by atoms with Crippen LogP contribution in [-0.2, 0) is 10.0 Å². The molecule has 0 amide bonds. The molecule has 1 atom stereocenters. The van der Waals surface area contributed by atoms with Gasteiger partial charge in [-0.25, -0.2) is 13.1 Å². The van der Waals surface area contributed by atoms with E-state index in [0.717, 1.165) is 19.3 Å². The van der Waals surface area contributed by atoms with Gasteiger partial charge in [0, 0.05) is 6.04 Å². The van der Waals surface area contributed by atoms with E-state index in [4.69, 9.17) is 0 Å². The van der Waals surface area contributed by atoms with Crippen molar-refractivity contribution in [3.8, 4) is 0 Å². The van der Waals surface area contributed by atoms with Crippen LogP contribution >= 0.6 is 0 Å². The summed E-state index contributed by atoms with van der Waals surface area (Å²) >= 11 is 0. The summed E-state index contributed by atoms with van der Waals surface area (Å²) < 4.78 is 25.1. The number of nitrogens with one attached hydrogen (secondary N) is 1. The summed E-state index contributed by atoms with van der Waals surface area (Å²) in [5.74, 6) is 0.258. The van der Waals surface area contributed by atoms with Crippen LogP contribution in [0.25, 0.3) is 0 Å². The topological polar surface area (TPSA) is 46.2 Å². The summed E-state index contributed by atoms with van der Waals surface area (Å²) in [6, 6.07) is 0.0619. The maximum Gasteiger partial charge on any atom is 0.211 e. The van der Waals surface area contributed by atoms with Crippen LogP contribution in [-0.4, -0.2) is 20.2 Å². The summed E-state index contributed by atoms with van der Waals surface area (Å²) in [5.41, 5.74) is 0. The van der Waals surface area contributed by atoms with Crippen molar-refractivity contribution < 1.29 is 8.42 Å². The Morgan fingerprint density at radius 1 is 1.33 bits per heavy atom. The van der Waals surface area contributed by atoms with Crippen molar-refractivity contribution in [2.75, 3.05) is 5.75 Å². The van der Waals surface area contributed by atoms with Gasteiger partial charge in [0.05, 0.1) is 5.75 Å². The van der Waals surface area contributed by atoms with Gasteiger partial charge in [-0.1, -0.05) is 20.3 Å². The van der Waals surface area contributed by atoms with E-state index in [1.54, 1.807) is 0 Å². The number of hydrogen-bond acceptors (Lipinski definition) is 2. The van der Waals surface area contributed by atoms with Gasteiger partial charge >= 0.3 is 0 Å². The van der Waals surface area contributed by atoms with Crippen molar-refractivity contribution in [2.24, 2.45) is 0 Å². The van der Waals surface area contributed by atoms with Crippen molar-refractivity contribution in [3.63, 3.8) is 0 Å². The van der Waals surface area contributed by atoms with E-state index >= 15 is 0 Å². The van der Waals surface area contributed by atoms with Gasteiger partial charge in [0.2, 0.25) is 10.0 Å². The Labute approximate surface area is 75.6 Å². The number of sulfonamides is 1. The average molecular weight is 193 g/mol. The Morgan fingerprint density at radius 3 is 2.33 bits per heavy atom. The van der Waals surface area contributed by atoms with Gasteiger partial charge in [0.1, 0.15) is 0 Å². The summed E-state index contributed by atoms with van der Waals surface area (Å²) in [4.78, 5) is 0. The summed E-state index contributed by atoms with van der Waals surface area (Å²) in [7, 11) is -3.01. The Bertz CT molecular complexity index is 199. The van der Waals surface area contributed by atoms with Crippen molar-refractivity contribution in [2.45, 2.75) is 46.1 Å². The first-order valence-electron chi connectivity index (χ1n) is 4.51. The molecule has 3 nitrogen and oxygen atoms in total. The predicted molar refractivity (Wildman–Crippen MR) is 51.6 cm³/mol. The first-order chi connectivity index (χ1) is 5.52. The zero-order valence-corrected chi connectivity index (χ0v) is 8.95. The molecule has 0 saturated heterocycles. The molecule has 0 spiro atoms. The lowest BCUT2D eigenvalue weighted by Crippen LogP contribution is -2.33. The lowest BCUT2D eigenvalue weighted by molar-refractivity contribution is 0.553. The fraction of sp³-hybridized carbons (Fsp3) is 1.00. The summed E-state index contributed by atoms with van der Waals surface area (Å²) in [5, 5.41) is 0. The average Bonchev–Trinajstić information content (AvgIpc) is 2.00. The normalized spacial score (nSPS) is 14.6. The van der Waals surface area contributed by atoms with Crippen molar-refractivity contribution >= 4 is 10.0 Å². The summed E-state index contributed by atoms with van der Waals surface area (Å²) in [6.07, 6.45) is 2.50. The molecule has 0 saturated carbocycles. The molecule has 0 heterocycles. The van der Waals surface area contributed by atoms with Crippen molar-refractivity contribution in [3.05, 3.63) is 0 Å². The zero-order valence-electron chi connectivity index (χ0n) is 8.13. The Kier molecular flexibility index (Phi) is 5.50. The van der Waals surface area contributed by atoms with Gasteiger partial charge in [-0.15, -0.1) is 0 Å². The van der Waals surface area contributed by atoms with Gasteiger partial charge in [-0.3, -0.25) is 0 Å². The Hall–Kier alpha value is -0.0900. The molecule has 0 fully saturated rings. The molecule has 0 bridgehead atoms. The smallest absolute Gasteiger partial charge is 0.211 e. The fourth-order valence-corrected chi connectivity index (χ4v) is 2.35. The largest absolute Gasteiger partial charge is 0.212 e. The molecular weight excluding hydrogens is 174 g/mol. The molecular formula is C8H19NO2S. The standard InChI is InChI=1S/C8H19NO2S/c1-4-6-7-12(10,11)9-8(3)5-2/h8-9H,4-7H2,1-3H3. The molecule has 0 rings (SSSR count). The molecule has 1 N–H and O–H groups in total.